The molecule has 32 heavy (non-hydrogen) atoms. The third kappa shape index (κ3) is 6.49. The molecule has 0 aliphatic carbocycles. The molecular weight excluding hydrogens is 407 g/mol. The van der Waals surface area contributed by atoms with Gasteiger partial charge in [-0.25, -0.2) is 4.39 Å². The molecule has 2 amide bonds. The molecule has 6 heteroatoms. The molecule has 0 bridgehead atoms. The Bertz CT molecular complexity index is 995. The van der Waals surface area contributed by atoms with Crippen LogP contribution in [0.15, 0.2) is 84.9 Å². The van der Waals surface area contributed by atoms with Gasteiger partial charge in [0, 0.05) is 20.2 Å². The zero-order valence-electron chi connectivity index (χ0n) is 18.0. The third-order valence-electron chi connectivity index (χ3n) is 5.07. The highest BCUT2D eigenvalue weighted by molar-refractivity contribution is 5.89. The van der Waals surface area contributed by atoms with Crippen molar-refractivity contribution in [1.29, 1.82) is 0 Å². The van der Waals surface area contributed by atoms with Crippen LogP contribution in [0, 0.1) is 5.82 Å². The van der Waals surface area contributed by atoms with Crippen molar-refractivity contribution in [3.05, 3.63) is 107 Å². The monoisotopic (exact) mass is 434 g/mol. The predicted octanol–water partition coefficient (Wildman–Crippen LogP) is 3.90. The average molecular weight is 435 g/mol. The smallest absolute Gasteiger partial charge is 0.247 e. The lowest BCUT2D eigenvalue weighted by molar-refractivity contribution is -0.141. The fraction of sp³-hybridized carbons (Fsp3) is 0.231. The van der Waals surface area contributed by atoms with Gasteiger partial charge >= 0.3 is 0 Å². The van der Waals surface area contributed by atoms with Gasteiger partial charge in [-0.1, -0.05) is 72.8 Å². The fourth-order valence-electron chi connectivity index (χ4n) is 3.46. The second-order valence-electron chi connectivity index (χ2n) is 7.41. The van der Waals surface area contributed by atoms with Gasteiger partial charge < -0.3 is 15.0 Å². The van der Waals surface area contributed by atoms with Gasteiger partial charge in [-0.3, -0.25) is 9.59 Å². The number of nitrogens with zero attached hydrogens (tertiary/aromatic N) is 1. The van der Waals surface area contributed by atoms with E-state index >= 15 is 0 Å². The van der Waals surface area contributed by atoms with Crippen LogP contribution in [0.4, 0.5) is 4.39 Å². The molecule has 0 spiro atoms. The predicted molar refractivity (Wildman–Crippen MR) is 121 cm³/mol. The van der Waals surface area contributed by atoms with Crippen molar-refractivity contribution in [1.82, 2.24) is 10.2 Å². The van der Waals surface area contributed by atoms with Gasteiger partial charge in [-0.05, 0) is 28.8 Å². The molecule has 3 aromatic carbocycles. The number of nitrogens with one attached hydrogen (secondary N) is 1. The first-order valence-corrected chi connectivity index (χ1v) is 10.5. The lowest BCUT2D eigenvalue weighted by Crippen LogP contribution is -2.44. The van der Waals surface area contributed by atoms with Crippen LogP contribution in [0.2, 0.25) is 0 Å². The van der Waals surface area contributed by atoms with Gasteiger partial charge in [0.2, 0.25) is 11.8 Å². The molecule has 0 unspecified atom stereocenters. The van der Waals surface area contributed by atoms with E-state index in [2.05, 4.69) is 5.32 Å². The van der Waals surface area contributed by atoms with Crippen molar-refractivity contribution in [2.45, 2.75) is 19.0 Å². The summed E-state index contributed by atoms with van der Waals surface area (Å²) in [6.45, 7) is 0.863. The number of hydrogen-bond acceptors (Lipinski definition) is 3. The Morgan fingerprint density at radius 2 is 1.53 bits per heavy atom. The van der Waals surface area contributed by atoms with Crippen molar-refractivity contribution in [3.63, 3.8) is 0 Å². The van der Waals surface area contributed by atoms with Crippen LogP contribution in [0.3, 0.4) is 0 Å². The normalized spacial score (nSPS) is 11.6. The quantitative estimate of drug-likeness (QED) is 0.493. The van der Waals surface area contributed by atoms with Gasteiger partial charge in [-0.15, -0.1) is 0 Å². The maximum absolute atomic E-state index is 13.5. The minimum atomic E-state index is -0.839. The van der Waals surface area contributed by atoms with Crippen molar-refractivity contribution in [2.24, 2.45) is 0 Å². The molecule has 0 radical (unpaired) electrons. The van der Waals surface area contributed by atoms with Gasteiger partial charge in [-0.2, -0.15) is 0 Å². The first-order chi connectivity index (χ1) is 15.6. The number of amides is 2. The zero-order valence-corrected chi connectivity index (χ0v) is 18.0. The van der Waals surface area contributed by atoms with E-state index in [4.69, 9.17) is 4.74 Å². The summed E-state index contributed by atoms with van der Waals surface area (Å²) >= 11 is 0. The van der Waals surface area contributed by atoms with E-state index in [9.17, 15) is 14.0 Å². The summed E-state index contributed by atoms with van der Waals surface area (Å²) < 4.78 is 18.5. The SMILES string of the molecule is COCCNC(=O)[C@H](c1ccccc1)N(Cc1ccc(F)cc1)C(=O)Cc1ccccc1. The Morgan fingerprint density at radius 3 is 2.16 bits per heavy atom. The van der Waals surface area contributed by atoms with Gasteiger partial charge in [0.05, 0.1) is 13.0 Å². The molecule has 3 rings (SSSR count). The van der Waals surface area contributed by atoms with Crippen LogP contribution in [0.5, 0.6) is 0 Å². The maximum Gasteiger partial charge on any atom is 0.247 e. The second kappa shape index (κ2) is 11.8. The van der Waals surface area contributed by atoms with Crippen LogP contribution in [0.1, 0.15) is 22.7 Å². The molecule has 1 N–H and O–H groups in total. The summed E-state index contributed by atoms with van der Waals surface area (Å²) in [4.78, 5) is 28.3. The highest BCUT2D eigenvalue weighted by Gasteiger charge is 2.31. The van der Waals surface area contributed by atoms with E-state index in [1.165, 1.54) is 12.1 Å². The van der Waals surface area contributed by atoms with E-state index < -0.39 is 6.04 Å². The largest absolute Gasteiger partial charge is 0.383 e. The highest BCUT2D eigenvalue weighted by Crippen LogP contribution is 2.25. The lowest BCUT2D eigenvalue weighted by atomic mass is 10.0. The summed E-state index contributed by atoms with van der Waals surface area (Å²) in [5.41, 5.74) is 2.29. The number of ether oxygens (including phenoxy) is 1. The molecule has 0 heterocycles. The zero-order chi connectivity index (χ0) is 22.8. The molecular formula is C26H27FN2O3. The molecule has 5 nitrogen and oxygen atoms in total. The van der Waals surface area contributed by atoms with Gasteiger partial charge in [0.25, 0.3) is 0 Å². The minimum absolute atomic E-state index is 0.150. The maximum atomic E-state index is 13.5. The average Bonchev–Trinajstić information content (AvgIpc) is 2.81. The van der Waals surface area contributed by atoms with Gasteiger partial charge in [0.1, 0.15) is 11.9 Å². The first kappa shape index (κ1) is 23.2. The number of carbonyl (C=O) groups excluding carboxylic acids is 2. The number of benzene rings is 3. The Morgan fingerprint density at radius 1 is 0.906 bits per heavy atom. The van der Waals surface area contributed by atoms with Crippen molar-refractivity contribution in [2.75, 3.05) is 20.3 Å². The lowest BCUT2D eigenvalue weighted by Gasteiger charge is -2.32. The fourth-order valence-corrected chi connectivity index (χ4v) is 3.46. The van der Waals surface area contributed by atoms with Gasteiger partial charge in [0.15, 0.2) is 0 Å². The Hall–Kier alpha value is -3.51. The molecule has 0 aliphatic heterocycles. The third-order valence-corrected chi connectivity index (χ3v) is 5.07. The van der Waals surface area contributed by atoms with E-state index in [0.717, 1.165) is 11.1 Å². The van der Waals surface area contributed by atoms with Crippen molar-refractivity contribution in [3.8, 4) is 0 Å². The number of hydrogen-bond donors (Lipinski definition) is 1. The molecule has 0 saturated carbocycles. The van der Waals surface area contributed by atoms with Crippen LogP contribution in [-0.4, -0.2) is 37.0 Å². The molecule has 166 valence electrons. The summed E-state index contributed by atoms with van der Waals surface area (Å²) in [6.07, 6.45) is 0.150. The molecule has 0 saturated heterocycles. The number of rotatable bonds is 10. The second-order valence-corrected chi connectivity index (χ2v) is 7.41. The first-order valence-electron chi connectivity index (χ1n) is 10.5. The highest BCUT2D eigenvalue weighted by atomic mass is 19.1. The van der Waals surface area contributed by atoms with Crippen molar-refractivity contribution >= 4 is 11.8 Å². The van der Waals surface area contributed by atoms with Crippen LogP contribution in [-0.2, 0) is 27.3 Å². The van der Waals surface area contributed by atoms with E-state index in [1.807, 2.05) is 60.7 Å². The van der Waals surface area contributed by atoms with E-state index in [0.29, 0.717) is 18.7 Å². The molecule has 0 fully saturated rings. The molecule has 1 atom stereocenters. The topological polar surface area (TPSA) is 58.6 Å². The number of halogens is 1. The Labute approximate surface area is 187 Å². The number of methoxy groups -OCH3 is 1. The Balaban J connectivity index is 1.96. The van der Waals surface area contributed by atoms with Crippen LogP contribution in [0.25, 0.3) is 0 Å². The molecule has 0 aromatic heterocycles. The minimum Gasteiger partial charge on any atom is -0.383 e. The van der Waals surface area contributed by atoms with Crippen LogP contribution >= 0.6 is 0 Å². The van der Waals surface area contributed by atoms with Crippen LogP contribution < -0.4 is 5.32 Å². The summed E-state index contributed by atoms with van der Waals surface area (Å²) in [7, 11) is 1.56. The molecule has 3 aromatic rings. The van der Waals surface area contributed by atoms with Crippen molar-refractivity contribution < 1.29 is 18.7 Å². The Kier molecular flexibility index (Phi) is 8.52. The number of carbonyl (C=O) groups is 2. The summed E-state index contributed by atoms with van der Waals surface area (Å²) in [6, 6.07) is 23.7. The summed E-state index contributed by atoms with van der Waals surface area (Å²) in [5, 5.41) is 2.86. The van der Waals surface area contributed by atoms with E-state index in [1.54, 1.807) is 24.1 Å². The van der Waals surface area contributed by atoms with E-state index in [-0.39, 0.29) is 30.6 Å². The molecule has 0 aliphatic rings. The summed E-state index contributed by atoms with van der Waals surface area (Å²) in [5.74, 6) is -0.846. The standard InChI is InChI=1S/C26H27FN2O3/c1-32-17-16-28-26(31)25(22-10-6-3-7-11-22)29(19-21-12-14-23(27)15-13-21)24(30)18-20-8-4-2-5-9-20/h2-15,25H,16-19H2,1H3,(H,28,31)/t25-/m0/s1.